The number of rotatable bonds is 5. The van der Waals surface area contributed by atoms with Crippen LogP contribution < -0.4 is 10.1 Å². The van der Waals surface area contributed by atoms with Crippen LogP contribution >= 0.6 is 15.9 Å². The second-order valence-corrected chi connectivity index (χ2v) is 5.88. The number of fused-ring (bicyclic) bond motifs is 1. The van der Waals surface area contributed by atoms with Gasteiger partial charge in [0, 0.05) is 22.5 Å². The minimum absolute atomic E-state index is 0.0826. The third kappa shape index (κ3) is 3.11. The number of nitrogens with one attached hydrogen (secondary N) is 1. The average molecular weight is 330 g/mol. The maximum absolute atomic E-state index is 9.55. The summed E-state index contributed by atoms with van der Waals surface area (Å²) in [5.74, 6) is 0.868. The van der Waals surface area contributed by atoms with Crippen LogP contribution in [-0.2, 0) is 0 Å². The molecule has 0 saturated heterocycles. The normalized spacial score (nSPS) is 18.8. The van der Waals surface area contributed by atoms with E-state index in [0.717, 1.165) is 22.2 Å². The summed E-state index contributed by atoms with van der Waals surface area (Å²) < 4.78 is 6.64. The Morgan fingerprint density at radius 3 is 2.79 bits per heavy atom. The van der Waals surface area contributed by atoms with Crippen LogP contribution in [0.4, 0.5) is 0 Å². The van der Waals surface area contributed by atoms with Crippen molar-refractivity contribution in [3.05, 3.63) is 28.2 Å². The van der Waals surface area contributed by atoms with Crippen LogP contribution in [0.15, 0.2) is 22.7 Å². The van der Waals surface area contributed by atoms with E-state index >= 15 is 0 Å². The first-order valence-electron chi connectivity index (χ1n) is 6.56. The van der Waals surface area contributed by atoms with Gasteiger partial charge in [0.15, 0.2) is 0 Å². The third-order valence-corrected chi connectivity index (χ3v) is 4.27. The number of benzene rings is 1. The molecule has 5 heteroatoms. The van der Waals surface area contributed by atoms with Gasteiger partial charge in [-0.2, -0.15) is 0 Å². The Balaban J connectivity index is 2.26. The average Bonchev–Trinajstić information content (AvgIpc) is 2.45. The fourth-order valence-corrected chi connectivity index (χ4v) is 2.73. The van der Waals surface area contributed by atoms with E-state index in [0.29, 0.717) is 13.0 Å². The number of hydrogen-bond acceptors (Lipinski definition) is 4. The fraction of sp³-hybridized carbons (Fsp3) is 0.571. The summed E-state index contributed by atoms with van der Waals surface area (Å²) in [7, 11) is 0. The van der Waals surface area contributed by atoms with Crippen LogP contribution in [0.3, 0.4) is 0 Å². The molecule has 0 aliphatic carbocycles. The standard InChI is InChI=1S/C14H20BrNO3/c1-2-14(8-17,9-18)16-12-5-6-19-13-4-3-10(15)7-11(12)13/h3-4,7,12,16-18H,2,5-6,8-9H2,1H3. The lowest BCUT2D eigenvalue weighted by molar-refractivity contribution is 0.0709. The van der Waals surface area contributed by atoms with Crippen LogP contribution in [0.1, 0.15) is 31.4 Å². The van der Waals surface area contributed by atoms with Gasteiger partial charge in [-0.1, -0.05) is 22.9 Å². The number of ether oxygens (including phenoxy) is 1. The van der Waals surface area contributed by atoms with Crippen LogP contribution in [0.5, 0.6) is 5.75 Å². The van der Waals surface area contributed by atoms with E-state index in [1.54, 1.807) is 0 Å². The highest BCUT2D eigenvalue weighted by molar-refractivity contribution is 9.10. The minimum atomic E-state index is -0.637. The largest absolute Gasteiger partial charge is 0.493 e. The quantitative estimate of drug-likeness (QED) is 0.773. The molecule has 0 saturated carbocycles. The maximum Gasteiger partial charge on any atom is 0.124 e. The van der Waals surface area contributed by atoms with E-state index < -0.39 is 5.54 Å². The Kier molecular flexibility index (Phi) is 4.84. The summed E-state index contributed by atoms with van der Waals surface area (Å²) >= 11 is 3.47. The molecule has 1 unspecified atom stereocenters. The van der Waals surface area contributed by atoms with Crippen molar-refractivity contribution in [3.8, 4) is 5.75 Å². The summed E-state index contributed by atoms with van der Waals surface area (Å²) in [5, 5.41) is 22.5. The summed E-state index contributed by atoms with van der Waals surface area (Å²) in [6, 6.07) is 6.01. The van der Waals surface area contributed by atoms with Crippen molar-refractivity contribution in [3.63, 3.8) is 0 Å². The zero-order valence-corrected chi connectivity index (χ0v) is 12.6. The first-order chi connectivity index (χ1) is 9.14. The van der Waals surface area contributed by atoms with Gasteiger partial charge >= 0.3 is 0 Å². The van der Waals surface area contributed by atoms with E-state index in [2.05, 4.69) is 21.2 Å². The summed E-state index contributed by atoms with van der Waals surface area (Å²) in [6.07, 6.45) is 1.49. The van der Waals surface area contributed by atoms with Crippen molar-refractivity contribution in [2.24, 2.45) is 0 Å². The second-order valence-electron chi connectivity index (χ2n) is 4.97. The lowest BCUT2D eigenvalue weighted by Crippen LogP contribution is -2.53. The van der Waals surface area contributed by atoms with Gasteiger partial charge in [0.25, 0.3) is 0 Å². The smallest absolute Gasteiger partial charge is 0.124 e. The summed E-state index contributed by atoms with van der Waals surface area (Å²) in [6.45, 7) is 2.44. The van der Waals surface area contributed by atoms with Crippen molar-refractivity contribution in [2.45, 2.75) is 31.3 Å². The van der Waals surface area contributed by atoms with Gasteiger partial charge in [0.1, 0.15) is 5.75 Å². The molecule has 0 radical (unpaired) electrons. The molecule has 3 N–H and O–H groups in total. The predicted molar refractivity (Wildman–Crippen MR) is 77.3 cm³/mol. The van der Waals surface area contributed by atoms with E-state index in [1.165, 1.54) is 0 Å². The van der Waals surface area contributed by atoms with Gasteiger partial charge in [0.2, 0.25) is 0 Å². The Morgan fingerprint density at radius 2 is 2.16 bits per heavy atom. The van der Waals surface area contributed by atoms with Crippen molar-refractivity contribution in [1.29, 1.82) is 0 Å². The Morgan fingerprint density at radius 1 is 1.42 bits per heavy atom. The van der Waals surface area contributed by atoms with Crippen molar-refractivity contribution in [2.75, 3.05) is 19.8 Å². The van der Waals surface area contributed by atoms with E-state index in [1.807, 2.05) is 25.1 Å². The molecule has 1 heterocycles. The molecule has 0 bridgehead atoms. The van der Waals surface area contributed by atoms with Gasteiger partial charge < -0.3 is 20.3 Å². The Labute approximate surface area is 121 Å². The topological polar surface area (TPSA) is 61.7 Å². The SMILES string of the molecule is CCC(CO)(CO)NC1CCOc2ccc(Br)cc21. The molecule has 2 rings (SSSR count). The van der Waals surface area contributed by atoms with Crippen LogP contribution in [0.2, 0.25) is 0 Å². The van der Waals surface area contributed by atoms with E-state index in [9.17, 15) is 10.2 Å². The summed E-state index contributed by atoms with van der Waals surface area (Å²) in [5.41, 5.74) is 0.432. The monoisotopic (exact) mass is 329 g/mol. The lowest BCUT2D eigenvalue weighted by atomic mass is 9.92. The van der Waals surface area contributed by atoms with Gasteiger partial charge in [-0.25, -0.2) is 0 Å². The van der Waals surface area contributed by atoms with Crippen LogP contribution in [-0.4, -0.2) is 35.6 Å². The van der Waals surface area contributed by atoms with Crippen molar-refractivity contribution in [1.82, 2.24) is 5.32 Å². The molecule has 1 aliphatic heterocycles. The molecule has 4 nitrogen and oxygen atoms in total. The highest BCUT2D eigenvalue weighted by Gasteiger charge is 2.32. The molecule has 0 fully saturated rings. The zero-order valence-electron chi connectivity index (χ0n) is 11.0. The Hall–Kier alpha value is -0.620. The van der Waals surface area contributed by atoms with Crippen molar-refractivity contribution >= 4 is 15.9 Å². The molecular formula is C14H20BrNO3. The highest BCUT2D eigenvalue weighted by Crippen LogP contribution is 2.35. The first kappa shape index (κ1) is 14.8. The number of aliphatic hydroxyl groups excluding tert-OH is 2. The minimum Gasteiger partial charge on any atom is -0.493 e. The lowest BCUT2D eigenvalue weighted by Gasteiger charge is -2.37. The molecule has 1 aliphatic rings. The van der Waals surface area contributed by atoms with Crippen LogP contribution in [0.25, 0.3) is 0 Å². The molecule has 19 heavy (non-hydrogen) atoms. The molecule has 106 valence electrons. The molecule has 1 atom stereocenters. The molecule has 0 aromatic heterocycles. The molecule has 1 aromatic rings. The molecular weight excluding hydrogens is 310 g/mol. The van der Waals surface area contributed by atoms with Crippen molar-refractivity contribution < 1.29 is 14.9 Å². The first-order valence-corrected chi connectivity index (χ1v) is 7.35. The van der Waals surface area contributed by atoms with Gasteiger partial charge in [-0.05, 0) is 24.6 Å². The maximum atomic E-state index is 9.55. The molecule has 0 spiro atoms. The van der Waals surface area contributed by atoms with Gasteiger partial charge in [0.05, 0.1) is 25.4 Å². The highest BCUT2D eigenvalue weighted by atomic mass is 79.9. The molecule has 1 aromatic carbocycles. The number of aliphatic hydroxyl groups is 2. The summed E-state index contributed by atoms with van der Waals surface area (Å²) in [4.78, 5) is 0. The van der Waals surface area contributed by atoms with Gasteiger partial charge in [-0.15, -0.1) is 0 Å². The molecule has 0 amide bonds. The van der Waals surface area contributed by atoms with Crippen LogP contribution in [0, 0.1) is 0 Å². The van der Waals surface area contributed by atoms with E-state index in [-0.39, 0.29) is 19.3 Å². The third-order valence-electron chi connectivity index (χ3n) is 3.77. The second kappa shape index (κ2) is 6.22. The Bertz CT molecular complexity index is 426. The predicted octanol–water partition coefficient (Wildman–Crippen LogP) is 2.00. The zero-order chi connectivity index (χ0) is 13.9. The fourth-order valence-electron chi connectivity index (χ4n) is 2.35. The number of hydrogen-bond donors (Lipinski definition) is 3. The van der Waals surface area contributed by atoms with E-state index in [4.69, 9.17) is 4.74 Å². The van der Waals surface area contributed by atoms with Gasteiger partial charge in [-0.3, -0.25) is 0 Å². The number of halogens is 1.